The molecule has 1 aliphatic heterocycles. The van der Waals surface area contributed by atoms with Gasteiger partial charge in [0.15, 0.2) is 0 Å². The van der Waals surface area contributed by atoms with E-state index in [1.54, 1.807) is 4.90 Å². The van der Waals surface area contributed by atoms with Gasteiger partial charge >= 0.3 is 0 Å². The molecule has 1 aliphatic rings. The number of hydrogen-bond acceptors (Lipinski definition) is 4. The lowest BCUT2D eigenvalue weighted by molar-refractivity contribution is -0.135. The standard InChI is InChI=1S/C19H26F2N4O3.ClH/c20-14-5-6-15(16(21)11-14)19(28)23-8-1-4-17(26)25-10-2-3-13(12-25)18(27)24-9-7-22;/h5-6,11,13H,1-4,7-10,12,22H2,(H,23,28)(H,24,27);1H. The van der Waals surface area contributed by atoms with Crippen molar-refractivity contribution < 1.29 is 23.2 Å². The second-order valence-corrected chi connectivity index (χ2v) is 6.74. The Bertz CT molecular complexity index is 721. The molecular formula is C19H27ClF2N4O3. The van der Waals surface area contributed by atoms with E-state index in [9.17, 15) is 23.2 Å². The first-order chi connectivity index (χ1) is 13.4. The maximum atomic E-state index is 13.6. The smallest absolute Gasteiger partial charge is 0.254 e. The van der Waals surface area contributed by atoms with Crippen molar-refractivity contribution in [3.8, 4) is 0 Å². The summed E-state index contributed by atoms with van der Waals surface area (Å²) < 4.78 is 26.4. The topological polar surface area (TPSA) is 105 Å². The van der Waals surface area contributed by atoms with Crippen LogP contribution in [0.2, 0.25) is 0 Å². The molecule has 7 nitrogen and oxygen atoms in total. The Balaban J connectivity index is 0.00000420. The summed E-state index contributed by atoms with van der Waals surface area (Å²) in [6.07, 6.45) is 2.09. The van der Waals surface area contributed by atoms with Crippen LogP contribution in [0.1, 0.15) is 36.0 Å². The van der Waals surface area contributed by atoms with Crippen molar-refractivity contribution in [2.75, 3.05) is 32.7 Å². The number of benzene rings is 1. The zero-order valence-electron chi connectivity index (χ0n) is 16.1. The minimum Gasteiger partial charge on any atom is -0.355 e. The zero-order chi connectivity index (χ0) is 20.5. The number of carbonyl (C=O) groups is 3. The van der Waals surface area contributed by atoms with Crippen LogP contribution < -0.4 is 16.4 Å². The largest absolute Gasteiger partial charge is 0.355 e. The third-order valence-electron chi connectivity index (χ3n) is 4.62. The van der Waals surface area contributed by atoms with Crippen LogP contribution in [-0.4, -0.2) is 55.3 Å². The molecule has 1 unspecified atom stereocenters. The molecule has 0 bridgehead atoms. The van der Waals surface area contributed by atoms with Gasteiger partial charge in [0.25, 0.3) is 5.91 Å². The summed E-state index contributed by atoms with van der Waals surface area (Å²) in [4.78, 5) is 38.0. The van der Waals surface area contributed by atoms with Crippen molar-refractivity contribution in [3.05, 3.63) is 35.4 Å². The summed E-state index contributed by atoms with van der Waals surface area (Å²) in [5, 5.41) is 5.27. The second-order valence-electron chi connectivity index (χ2n) is 6.74. The zero-order valence-corrected chi connectivity index (χ0v) is 16.9. The minimum absolute atomic E-state index is 0. The van der Waals surface area contributed by atoms with Gasteiger partial charge < -0.3 is 21.3 Å². The van der Waals surface area contributed by atoms with Crippen molar-refractivity contribution in [1.29, 1.82) is 0 Å². The Morgan fingerprint density at radius 1 is 1.17 bits per heavy atom. The molecule has 0 spiro atoms. The molecule has 1 aromatic rings. The number of nitrogens with zero attached hydrogens (tertiary/aromatic N) is 1. The second kappa shape index (κ2) is 12.3. The van der Waals surface area contributed by atoms with Gasteiger partial charge in [0, 0.05) is 45.2 Å². The molecule has 10 heteroatoms. The van der Waals surface area contributed by atoms with Crippen LogP contribution in [0.25, 0.3) is 0 Å². The molecule has 0 radical (unpaired) electrons. The minimum atomic E-state index is -0.930. The number of piperidine rings is 1. The number of likely N-dealkylation sites (tertiary alicyclic amines) is 1. The Labute approximate surface area is 174 Å². The van der Waals surface area contributed by atoms with Crippen LogP contribution in [0.5, 0.6) is 0 Å². The van der Waals surface area contributed by atoms with Gasteiger partial charge in [-0.3, -0.25) is 14.4 Å². The van der Waals surface area contributed by atoms with E-state index >= 15 is 0 Å². The van der Waals surface area contributed by atoms with E-state index in [4.69, 9.17) is 5.73 Å². The number of hydrogen-bond donors (Lipinski definition) is 3. The van der Waals surface area contributed by atoms with Crippen molar-refractivity contribution in [3.63, 3.8) is 0 Å². The number of amides is 3. The molecule has 4 N–H and O–H groups in total. The first kappa shape index (κ1) is 24.8. The predicted molar refractivity (Wildman–Crippen MR) is 107 cm³/mol. The Morgan fingerprint density at radius 3 is 2.62 bits per heavy atom. The molecule has 1 aromatic carbocycles. The van der Waals surface area contributed by atoms with Gasteiger partial charge in [-0.2, -0.15) is 0 Å². The highest BCUT2D eigenvalue weighted by molar-refractivity contribution is 5.94. The van der Waals surface area contributed by atoms with Gasteiger partial charge in [0.05, 0.1) is 11.5 Å². The van der Waals surface area contributed by atoms with Gasteiger partial charge in [0.1, 0.15) is 11.6 Å². The third kappa shape index (κ3) is 7.58. The summed E-state index contributed by atoms with van der Waals surface area (Å²) in [6.45, 7) is 1.96. The highest BCUT2D eigenvalue weighted by Gasteiger charge is 2.27. The molecule has 162 valence electrons. The SMILES string of the molecule is Cl.NCCNC(=O)C1CCCN(C(=O)CCCNC(=O)c2ccc(F)cc2F)C1. The molecule has 2 rings (SSSR count). The highest BCUT2D eigenvalue weighted by atomic mass is 35.5. The summed E-state index contributed by atoms with van der Waals surface area (Å²) >= 11 is 0. The van der Waals surface area contributed by atoms with Gasteiger partial charge in [-0.25, -0.2) is 8.78 Å². The van der Waals surface area contributed by atoms with E-state index in [1.807, 2.05) is 0 Å². The van der Waals surface area contributed by atoms with E-state index in [1.165, 1.54) is 0 Å². The monoisotopic (exact) mass is 432 g/mol. The summed E-state index contributed by atoms with van der Waals surface area (Å²) in [6, 6.07) is 2.74. The van der Waals surface area contributed by atoms with E-state index in [2.05, 4.69) is 10.6 Å². The van der Waals surface area contributed by atoms with Crippen molar-refractivity contribution in [2.45, 2.75) is 25.7 Å². The number of halogens is 3. The Hall–Kier alpha value is -2.26. The maximum absolute atomic E-state index is 13.6. The van der Waals surface area contributed by atoms with Crippen LogP contribution in [0.15, 0.2) is 18.2 Å². The molecule has 1 heterocycles. The van der Waals surface area contributed by atoms with E-state index in [-0.39, 0.29) is 48.7 Å². The lowest BCUT2D eigenvalue weighted by Gasteiger charge is -2.32. The van der Waals surface area contributed by atoms with Crippen LogP contribution in [0, 0.1) is 17.6 Å². The molecule has 1 atom stereocenters. The van der Waals surface area contributed by atoms with Crippen LogP contribution >= 0.6 is 12.4 Å². The van der Waals surface area contributed by atoms with Crippen molar-refractivity contribution >= 4 is 30.1 Å². The lowest BCUT2D eigenvalue weighted by Crippen LogP contribution is -2.46. The van der Waals surface area contributed by atoms with Crippen molar-refractivity contribution in [1.82, 2.24) is 15.5 Å². The van der Waals surface area contributed by atoms with Gasteiger partial charge in [-0.1, -0.05) is 0 Å². The first-order valence-electron chi connectivity index (χ1n) is 9.41. The van der Waals surface area contributed by atoms with Crippen LogP contribution in [-0.2, 0) is 9.59 Å². The molecule has 29 heavy (non-hydrogen) atoms. The molecule has 0 aromatic heterocycles. The fourth-order valence-electron chi connectivity index (χ4n) is 3.13. The van der Waals surface area contributed by atoms with Gasteiger partial charge in [-0.15, -0.1) is 12.4 Å². The first-order valence-corrected chi connectivity index (χ1v) is 9.41. The van der Waals surface area contributed by atoms with E-state index < -0.39 is 17.5 Å². The van der Waals surface area contributed by atoms with Crippen LogP contribution in [0.3, 0.4) is 0 Å². The van der Waals surface area contributed by atoms with Crippen LogP contribution in [0.4, 0.5) is 8.78 Å². The number of carbonyl (C=O) groups excluding carboxylic acids is 3. The molecular weight excluding hydrogens is 406 g/mol. The van der Waals surface area contributed by atoms with Gasteiger partial charge in [0.2, 0.25) is 11.8 Å². The number of nitrogens with two attached hydrogens (primary N) is 1. The molecule has 1 saturated heterocycles. The highest BCUT2D eigenvalue weighted by Crippen LogP contribution is 2.17. The fourth-order valence-corrected chi connectivity index (χ4v) is 3.13. The molecule has 0 aliphatic carbocycles. The molecule has 1 fully saturated rings. The lowest BCUT2D eigenvalue weighted by atomic mass is 9.96. The maximum Gasteiger partial charge on any atom is 0.254 e. The summed E-state index contributed by atoms with van der Waals surface area (Å²) in [5.74, 6) is -2.74. The average Bonchev–Trinajstić information content (AvgIpc) is 2.69. The predicted octanol–water partition coefficient (Wildman–Crippen LogP) is 1.21. The van der Waals surface area contributed by atoms with Crippen molar-refractivity contribution in [2.24, 2.45) is 11.7 Å². The van der Waals surface area contributed by atoms with Gasteiger partial charge in [-0.05, 0) is 31.4 Å². The Morgan fingerprint density at radius 2 is 1.93 bits per heavy atom. The Kier molecular flexibility index (Phi) is 10.5. The van der Waals surface area contributed by atoms with E-state index in [0.29, 0.717) is 38.7 Å². The number of nitrogens with one attached hydrogen (secondary N) is 2. The normalized spacial score (nSPS) is 16.0. The third-order valence-corrected chi connectivity index (χ3v) is 4.62. The summed E-state index contributed by atoms with van der Waals surface area (Å²) in [5.41, 5.74) is 5.14. The number of rotatable bonds is 8. The van der Waals surface area contributed by atoms with E-state index in [0.717, 1.165) is 25.0 Å². The molecule has 3 amide bonds. The molecule has 0 saturated carbocycles. The summed E-state index contributed by atoms with van der Waals surface area (Å²) in [7, 11) is 0. The fraction of sp³-hybridized carbons (Fsp3) is 0.526. The average molecular weight is 433 g/mol. The quantitative estimate of drug-likeness (QED) is 0.537.